The molecular weight excluding hydrogens is 599 g/mol. The van der Waals surface area contributed by atoms with Crippen LogP contribution in [0.15, 0.2) is 84.4 Å². The Balaban J connectivity index is 1.34. The molecule has 3 aromatic rings. The molecule has 45 heavy (non-hydrogen) atoms. The van der Waals surface area contributed by atoms with Crippen LogP contribution >= 0.6 is 11.6 Å². The van der Waals surface area contributed by atoms with Gasteiger partial charge in [-0.1, -0.05) is 53.6 Å². The number of anilines is 2. The van der Waals surface area contributed by atoms with E-state index < -0.39 is 52.6 Å². The van der Waals surface area contributed by atoms with Crippen molar-refractivity contribution >= 4 is 46.6 Å². The molecule has 0 aromatic heterocycles. The van der Waals surface area contributed by atoms with Crippen molar-refractivity contribution in [3.05, 3.63) is 101 Å². The Labute approximate surface area is 264 Å². The zero-order valence-electron chi connectivity index (χ0n) is 24.4. The van der Waals surface area contributed by atoms with Crippen LogP contribution < -0.4 is 14.5 Å². The maximum Gasteiger partial charge on any atom is 0.241 e. The van der Waals surface area contributed by atoms with Gasteiger partial charge >= 0.3 is 0 Å². The molecule has 1 saturated carbocycles. The van der Waals surface area contributed by atoms with Crippen molar-refractivity contribution in [3.8, 4) is 5.75 Å². The second-order valence-electron chi connectivity index (χ2n) is 12.2. The number of hydrogen-bond donors (Lipinski definition) is 1. The highest BCUT2D eigenvalue weighted by molar-refractivity contribution is 6.32. The molecule has 3 aromatic carbocycles. The number of halogens is 2. The predicted octanol–water partition coefficient (Wildman–Crippen LogP) is 5.29. The van der Waals surface area contributed by atoms with Crippen LogP contribution in [-0.4, -0.2) is 41.9 Å². The molecule has 2 heterocycles. The molecule has 6 unspecified atom stereocenters. The van der Waals surface area contributed by atoms with E-state index in [9.17, 15) is 28.7 Å². The van der Waals surface area contributed by atoms with Crippen LogP contribution in [0.3, 0.4) is 0 Å². The van der Waals surface area contributed by atoms with Crippen molar-refractivity contribution in [2.75, 3.05) is 23.0 Å². The number of allylic oxidation sites excluding steroid dienone is 2. The number of rotatable bonds is 6. The molecule has 10 heteroatoms. The lowest BCUT2D eigenvalue weighted by Crippen LogP contribution is -2.48. The SMILES string of the molecule is CC12C(=O)N(c3ccc(F)c(Cl)c3)C(=O)C1CC1C(=CCC3C(=O)N(c4ccccc4)C(=O)C31)C2c1ccc(OCCO)cc1. The Morgan fingerprint density at radius 3 is 2.33 bits per heavy atom. The van der Waals surface area contributed by atoms with Gasteiger partial charge < -0.3 is 9.84 Å². The van der Waals surface area contributed by atoms with E-state index in [1.165, 1.54) is 17.0 Å². The van der Waals surface area contributed by atoms with Gasteiger partial charge in [0.05, 0.1) is 46.2 Å². The summed E-state index contributed by atoms with van der Waals surface area (Å²) < 4.78 is 19.6. The van der Waals surface area contributed by atoms with Crippen LogP contribution in [0.2, 0.25) is 5.02 Å². The minimum absolute atomic E-state index is 0.120. The number of imide groups is 2. The number of para-hydroxylation sites is 1. The fraction of sp³-hybridized carbons (Fsp3) is 0.314. The van der Waals surface area contributed by atoms with Gasteiger partial charge in [-0.2, -0.15) is 0 Å². The number of ether oxygens (including phenoxy) is 1. The molecule has 6 atom stereocenters. The van der Waals surface area contributed by atoms with Crippen LogP contribution in [0, 0.1) is 34.9 Å². The number of carbonyl (C=O) groups excluding carboxylic acids is 4. The smallest absolute Gasteiger partial charge is 0.241 e. The number of carbonyl (C=O) groups is 4. The van der Waals surface area contributed by atoms with E-state index in [0.717, 1.165) is 22.1 Å². The quantitative estimate of drug-likeness (QED) is 0.294. The van der Waals surface area contributed by atoms with Gasteiger partial charge in [0.25, 0.3) is 0 Å². The van der Waals surface area contributed by atoms with E-state index in [2.05, 4.69) is 0 Å². The molecule has 0 radical (unpaired) electrons. The van der Waals surface area contributed by atoms with Crippen LogP contribution in [0.5, 0.6) is 5.75 Å². The molecule has 4 aliphatic rings. The molecule has 2 aliphatic carbocycles. The van der Waals surface area contributed by atoms with E-state index in [0.29, 0.717) is 17.9 Å². The van der Waals surface area contributed by atoms with Gasteiger partial charge in [-0.3, -0.25) is 24.1 Å². The Bertz CT molecular complexity index is 1760. The largest absolute Gasteiger partial charge is 0.491 e. The van der Waals surface area contributed by atoms with E-state index in [1.54, 1.807) is 43.3 Å². The first-order valence-corrected chi connectivity index (χ1v) is 15.3. The number of benzene rings is 3. The average Bonchev–Trinajstić information content (AvgIpc) is 3.41. The Morgan fingerprint density at radius 1 is 0.911 bits per heavy atom. The van der Waals surface area contributed by atoms with Crippen LogP contribution in [-0.2, 0) is 19.2 Å². The lowest BCUT2D eigenvalue weighted by atomic mass is 9.51. The van der Waals surface area contributed by atoms with Crippen molar-refractivity contribution in [1.29, 1.82) is 0 Å². The van der Waals surface area contributed by atoms with Crippen molar-refractivity contribution in [1.82, 2.24) is 0 Å². The first-order chi connectivity index (χ1) is 21.7. The standard InChI is InChI=1S/C35H30ClFN2O6/c1-35-26(32(42)39(34(35)44)21-9-14-28(37)27(36)17-21)18-25-23(30(35)19-7-10-22(11-8-19)45-16-15-40)12-13-24-29(25)33(43)38(31(24)41)20-5-3-2-4-6-20/h2-12,14,17,24-26,29-30,40H,13,15-16,18H2,1H3. The molecule has 3 fully saturated rings. The maximum absolute atomic E-state index is 14.5. The highest BCUT2D eigenvalue weighted by Crippen LogP contribution is 2.63. The average molecular weight is 629 g/mol. The maximum atomic E-state index is 14.5. The van der Waals surface area contributed by atoms with E-state index in [4.69, 9.17) is 16.3 Å². The summed E-state index contributed by atoms with van der Waals surface area (Å²) in [5, 5.41) is 8.96. The van der Waals surface area contributed by atoms with Gasteiger partial charge in [-0.15, -0.1) is 0 Å². The minimum Gasteiger partial charge on any atom is -0.491 e. The predicted molar refractivity (Wildman–Crippen MR) is 164 cm³/mol. The van der Waals surface area contributed by atoms with Crippen molar-refractivity contribution < 1.29 is 33.4 Å². The van der Waals surface area contributed by atoms with Crippen LogP contribution in [0.25, 0.3) is 0 Å². The summed E-state index contributed by atoms with van der Waals surface area (Å²) in [6.45, 7) is 1.76. The number of aliphatic hydroxyl groups excluding tert-OH is 1. The molecule has 2 aliphatic heterocycles. The molecule has 0 bridgehead atoms. The van der Waals surface area contributed by atoms with E-state index in [-0.39, 0.29) is 42.2 Å². The van der Waals surface area contributed by atoms with Crippen molar-refractivity contribution in [3.63, 3.8) is 0 Å². The number of aliphatic hydroxyl groups is 1. The summed E-state index contributed by atoms with van der Waals surface area (Å²) >= 11 is 6.07. The fourth-order valence-electron chi connectivity index (χ4n) is 8.02. The minimum atomic E-state index is -1.24. The Morgan fingerprint density at radius 2 is 1.64 bits per heavy atom. The summed E-state index contributed by atoms with van der Waals surface area (Å²) in [7, 11) is 0. The summed E-state index contributed by atoms with van der Waals surface area (Å²) in [4.78, 5) is 58.8. The molecule has 0 spiro atoms. The van der Waals surface area contributed by atoms with Gasteiger partial charge in [0.15, 0.2) is 0 Å². The number of fused-ring (bicyclic) bond motifs is 4. The molecule has 8 nitrogen and oxygen atoms in total. The first kappa shape index (κ1) is 29.4. The van der Waals surface area contributed by atoms with Crippen LogP contribution in [0.4, 0.5) is 15.8 Å². The molecule has 7 rings (SSSR count). The summed E-state index contributed by atoms with van der Waals surface area (Å²) in [5.74, 6) is -4.74. The molecule has 230 valence electrons. The highest BCUT2D eigenvalue weighted by atomic mass is 35.5. The lowest BCUT2D eigenvalue weighted by Gasteiger charge is -2.49. The topological polar surface area (TPSA) is 104 Å². The summed E-state index contributed by atoms with van der Waals surface area (Å²) in [6, 6.07) is 19.8. The molecule has 4 amide bonds. The first-order valence-electron chi connectivity index (χ1n) is 15.0. The van der Waals surface area contributed by atoms with E-state index in [1.807, 2.05) is 24.3 Å². The monoisotopic (exact) mass is 628 g/mol. The van der Waals surface area contributed by atoms with E-state index >= 15 is 0 Å². The van der Waals surface area contributed by atoms with Gasteiger partial charge in [0.1, 0.15) is 18.2 Å². The second-order valence-corrected chi connectivity index (χ2v) is 12.7. The van der Waals surface area contributed by atoms with Gasteiger partial charge in [-0.25, -0.2) is 9.29 Å². The van der Waals surface area contributed by atoms with Gasteiger partial charge in [-0.05, 0) is 73.7 Å². The number of hydrogen-bond acceptors (Lipinski definition) is 6. The molecular formula is C35H30ClFN2O6. The zero-order chi connectivity index (χ0) is 31.6. The normalized spacial score (nSPS) is 29.0. The third-order valence-electron chi connectivity index (χ3n) is 10.0. The Kier molecular flexibility index (Phi) is 7.13. The third-order valence-corrected chi connectivity index (χ3v) is 10.3. The van der Waals surface area contributed by atoms with Crippen LogP contribution in [0.1, 0.15) is 31.2 Å². The Hall–Kier alpha value is -4.34. The van der Waals surface area contributed by atoms with Crippen molar-refractivity contribution in [2.45, 2.75) is 25.7 Å². The zero-order valence-corrected chi connectivity index (χ0v) is 25.1. The summed E-state index contributed by atoms with van der Waals surface area (Å²) in [6.07, 6.45) is 2.52. The number of nitrogens with zero attached hydrogens (tertiary/aromatic N) is 2. The lowest BCUT2D eigenvalue weighted by molar-refractivity contribution is -0.131. The van der Waals surface area contributed by atoms with Crippen molar-refractivity contribution in [2.24, 2.45) is 29.1 Å². The highest BCUT2D eigenvalue weighted by Gasteiger charge is 2.67. The summed E-state index contributed by atoms with van der Waals surface area (Å²) in [5.41, 5.74) is 1.05. The van der Waals surface area contributed by atoms with Gasteiger partial charge in [0.2, 0.25) is 23.6 Å². The van der Waals surface area contributed by atoms with Gasteiger partial charge in [0, 0.05) is 5.92 Å². The number of amides is 4. The molecule has 1 N–H and O–H groups in total. The second kappa shape index (κ2) is 10.9. The molecule has 2 saturated heterocycles. The third kappa shape index (κ3) is 4.35. The fourth-order valence-corrected chi connectivity index (χ4v) is 8.19.